The van der Waals surface area contributed by atoms with Gasteiger partial charge in [-0.15, -0.1) is 11.6 Å². The highest BCUT2D eigenvalue weighted by Gasteiger charge is 2.07. The highest BCUT2D eigenvalue weighted by molar-refractivity contribution is 6.17. The van der Waals surface area contributed by atoms with E-state index in [9.17, 15) is 4.79 Å². The van der Waals surface area contributed by atoms with Gasteiger partial charge in [0.1, 0.15) is 0 Å². The van der Waals surface area contributed by atoms with E-state index in [4.69, 9.17) is 21.8 Å². The number of aliphatic hydroxyl groups excluding tert-OH is 1. The Labute approximate surface area is 58.3 Å². The predicted octanol–water partition coefficient (Wildman–Crippen LogP) is 0.451. The van der Waals surface area contributed by atoms with Crippen LogP contribution in [0, 0.1) is 0 Å². The van der Waals surface area contributed by atoms with Crippen molar-refractivity contribution in [1.29, 1.82) is 0 Å². The molecule has 0 spiro atoms. The van der Waals surface area contributed by atoms with E-state index in [0.717, 1.165) is 0 Å². The van der Waals surface area contributed by atoms with Crippen molar-refractivity contribution in [3.8, 4) is 0 Å². The van der Waals surface area contributed by atoms with E-state index < -0.39 is 12.1 Å². The van der Waals surface area contributed by atoms with E-state index in [1.165, 1.54) is 0 Å². The molecule has 1 unspecified atom stereocenters. The number of halogens is 1. The van der Waals surface area contributed by atoms with Gasteiger partial charge in [-0.25, -0.2) is 0 Å². The second-order valence-electron chi connectivity index (χ2n) is 1.73. The third-order valence-electron chi connectivity index (χ3n) is 0.853. The molecule has 0 radical (unpaired) electrons. The van der Waals surface area contributed by atoms with Crippen LogP contribution in [0.15, 0.2) is 0 Å². The number of carbonyl (C=O) groups is 1. The van der Waals surface area contributed by atoms with Crippen LogP contribution in [0.4, 0.5) is 0 Å². The van der Waals surface area contributed by atoms with E-state index in [2.05, 4.69) is 0 Å². The van der Waals surface area contributed by atoms with Gasteiger partial charge in [-0.2, -0.15) is 0 Å². The normalized spacial score (nSPS) is 13.1. The van der Waals surface area contributed by atoms with Gasteiger partial charge >= 0.3 is 5.97 Å². The quantitative estimate of drug-likeness (QED) is 0.576. The Morgan fingerprint density at radius 3 is 2.56 bits per heavy atom. The molecule has 0 aromatic heterocycles. The summed E-state index contributed by atoms with van der Waals surface area (Å²) in [6.45, 7) is 0. The van der Waals surface area contributed by atoms with Gasteiger partial charge in [0, 0.05) is 5.88 Å². The lowest BCUT2D eigenvalue weighted by Gasteiger charge is -2.02. The van der Waals surface area contributed by atoms with E-state index in [1.54, 1.807) is 0 Å². The molecule has 4 heteroatoms. The summed E-state index contributed by atoms with van der Waals surface area (Å²) in [5.41, 5.74) is 0. The number of aliphatic hydroxyl groups is 1. The van der Waals surface area contributed by atoms with Crippen molar-refractivity contribution in [2.75, 3.05) is 5.88 Å². The minimum absolute atomic E-state index is 0.216. The first-order chi connectivity index (χ1) is 4.16. The number of hydrogen-bond donors (Lipinski definition) is 2. The summed E-state index contributed by atoms with van der Waals surface area (Å²) in [4.78, 5) is 9.88. The van der Waals surface area contributed by atoms with E-state index in [0.29, 0.717) is 12.3 Å². The molecule has 0 saturated carbocycles. The van der Waals surface area contributed by atoms with E-state index in [-0.39, 0.29) is 6.42 Å². The number of carboxylic acids is 1. The molecule has 0 amide bonds. The van der Waals surface area contributed by atoms with Gasteiger partial charge in [-0.1, -0.05) is 0 Å². The first-order valence-corrected chi connectivity index (χ1v) is 3.16. The van der Waals surface area contributed by atoms with Crippen molar-refractivity contribution in [3.63, 3.8) is 0 Å². The number of rotatable bonds is 4. The molecular weight excluding hydrogens is 144 g/mol. The molecule has 0 aromatic carbocycles. The standard InChI is InChI=1S/C5H9ClO3/c6-2-1-4(7)3-5(8)9/h4,7H,1-3H2,(H,8,9). The van der Waals surface area contributed by atoms with Crippen LogP contribution in [0.1, 0.15) is 12.8 Å². The SMILES string of the molecule is O=C(O)CC(O)CCCl. The molecule has 0 saturated heterocycles. The van der Waals surface area contributed by atoms with Crippen molar-refractivity contribution in [2.24, 2.45) is 0 Å². The lowest BCUT2D eigenvalue weighted by Crippen LogP contribution is -2.12. The Hall–Kier alpha value is -0.280. The molecule has 0 heterocycles. The van der Waals surface area contributed by atoms with Gasteiger partial charge in [0.2, 0.25) is 0 Å². The summed E-state index contributed by atoms with van der Waals surface area (Å²) < 4.78 is 0. The van der Waals surface area contributed by atoms with Crippen LogP contribution in [-0.2, 0) is 4.79 Å². The van der Waals surface area contributed by atoms with Crippen molar-refractivity contribution in [1.82, 2.24) is 0 Å². The molecule has 0 rings (SSSR count). The third-order valence-corrected chi connectivity index (χ3v) is 1.07. The van der Waals surface area contributed by atoms with Crippen LogP contribution < -0.4 is 0 Å². The van der Waals surface area contributed by atoms with Gasteiger partial charge < -0.3 is 10.2 Å². The lowest BCUT2D eigenvalue weighted by molar-refractivity contribution is -0.139. The Balaban J connectivity index is 3.26. The number of aliphatic carboxylic acids is 1. The van der Waals surface area contributed by atoms with Crippen molar-refractivity contribution in [3.05, 3.63) is 0 Å². The summed E-state index contributed by atoms with van der Waals surface area (Å²) in [6.07, 6.45) is -0.666. The molecule has 0 aliphatic carbocycles. The molecule has 0 aromatic rings. The summed E-state index contributed by atoms with van der Waals surface area (Å²) in [5.74, 6) is -0.693. The lowest BCUT2D eigenvalue weighted by atomic mass is 10.2. The molecule has 9 heavy (non-hydrogen) atoms. The molecule has 0 fully saturated rings. The van der Waals surface area contributed by atoms with Crippen LogP contribution in [0.3, 0.4) is 0 Å². The second-order valence-corrected chi connectivity index (χ2v) is 2.11. The summed E-state index contributed by atoms with van der Waals surface area (Å²) in [5, 5.41) is 16.9. The second kappa shape index (κ2) is 4.58. The minimum atomic E-state index is -0.993. The van der Waals surface area contributed by atoms with Crippen LogP contribution >= 0.6 is 11.6 Å². The Morgan fingerprint density at radius 1 is 1.67 bits per heavy atom. The molecule has 0 aliphatic rings. The van der Waals surface area contributed by atoms with E-state index in [1.807, 2.05) is 0 Å². The molecule has 0 bridgehead atoms. The monoisotopic (exact) mass is 152 g/mol. The molecular formula is C5H9ClO3. The number of alkyl halides is 1. The number of hydrogen-bond acceptors (Lipinski definition) is 2. The zero-order valence-electron chi connectivity index (χ0n) is 4.88. The maximum Gasteiger partial charge on any atom is 0.305 e. The highest BCUT2D eigenvalue weighted by atomic mass is 35.5. The van der Waals surface area contributed by atoms with Gasteiger partial charge in [0.15, 0.2) is 0 Å². The largest absolute Gasteiger partial charge is 0.481 e. The topological polar surface area (TPSA) is 57.5 Å². The first-order valence-electron chi connectivity index (χ1n) is 2.62. The Bertz CT molecular complexity index is 94.2. The zero-order chi connectivity index (χ0) is 7.28. The first kappa shape index (κ1) is 8.72. The number of carboxylic acid groups (broad SMARTS) is 1. The molecule has 2 N–H and O–H groups in total. The minimum Gasteiger partial charge on any atom is -0.481 e. The maximum atomic E-state index is 9.88. The van der Waals surface area contributed by atoms with Gasteiger partial charge in [0.05, 0.1) is 12.5 Å². The fourth-order valence-corrected chi connectivity index (χ4v) is 0.681. The summed E-state index contributed by atoms with van der Waals surface area (Å²) in [7, 11) is 0. The van der Waals surface area contributed by atoms with E-state index >= 15 is 0 Å². The highest BCUT2D eigenvalue weighted by Crippen LogP contribution is 1.98. The van der Waals surface area contributed by atoms with Crippen LogP contribution in [-0.4, -0.2) is 28.2 Å². The van der Waals surface area contributed by atoms with Crippen molar-refractivity contribution in [2.45, 2.75) is 18.9 Å². The Morgan fingerprint density at radius 2 is 2.22 bits per heavy atom. The van der Waals surface area contributed by atoms with Gasteiger partial charge in [0.25, 0.3) is 0 Å². The van der Waals surface area contributed by atoms with Crippen LogP contribution in [0.2, 0.25) is 0 Å². The zero-order valence-corrected chi connectivity index (χ0v) is 5.64. The summed E-state index contributed by atoms with van der Waals surface area (Å²) >= 11 is 5.23. The Kier molecular flexibility index (Phi) is 4.44. The van der Waals surface area contributed by atoms with Gasteiger partial charge in [-0.3, -0.25) is 4.79 Å². The summed E-state index contributed by atoms with van der Waals surface area (Å²) in [6, 6.07) is 0. The van der Waals surface area contributed by atoms with Gasteiger partial charge in [-0.05, 0) is 6.42 Å². The van der Waals surface area contributed by atoms with Crippen LogP contribution in [0.5, 0.6) is 0 Å². The molecule has 54 valence electrons. The fraction of sp³-hybridized carbons (Fsp3) is 0.800. The average Bonchev–Trinajstić information content (AvgIpc) is 1.63. The molecule has 0 aliphatic heterocycles. The smallest absolute Gasteiger partial charge is 0.305 e. The third kappa shape index (κ3) is 5.59. The van der Waals surface area contributed by atoms with Crippen LogP contribution in [0.25, 0.3) is 0 Å². The average molecular weight is 153 g/mol. The van der Waals surface area contributed by atoms with Crippen molar-refractivity contribution >= 4 is 17.6 Å². The van der Waals surface area contributed by atoms with Crippen molar-refractivity contribution < 1.29 is 15.0 Å². The molecule has 1 atom stereocenters. The molecule has 3 nitrogen and oxygen atoms in total. The fourth-order valence-electron chi connectivity index (χ4n) is 0.430. The maximum absolute atomic E-state index is 9.88. The predicted molar refractivity (Wildman–Crippen MR) is 33.6 cm³/mol.